The van der Waals surface area contributed by atoms with Gasteiger partial charge in [0.25, 0.3) is 0 Å². The van der Waals surface area contributed by atoms with Gasteiger partial charge in [-0.25, -0.2) is 8.42 Å². The zero-order chi connectivity index (χ0) is 13.0. The van der Waals surface area contributed by atoms with Gasteiger partial charge in [0.15, 0.2) is 0 Å². The van der Waals surface area contributed by atoms with Crippen molar-refractivity contribution in [2.75, 3.05) is 23.4 Å². The summed E-state index contributed by atoms with van der Waals surface area (Å²) in [6.45, 7) is 0.660. The summed E-state index contributed by atoms with van der Waals surface area (Å²) < 4.78 is 22.7. The number of nitrogens with one attached hydrogen (secondary N) is 1. The van der Waals surface area contributed by atoms with Gasteiger partial charge in [0.1, 0.15) is 9.84 Å². The van der Waals surface area contributed by atoms with Gasteiger partial charge in [0.05, 0.1) is 11.5 Å². The van der Waals surface area contributed by atoms with E-state index < -0.39 is 9.84 Å². The van der Waals surface area contributed by atoms with E-state index in [2.05, 4.69) is 17.4 Å². The van der Waals surface area contributed by atoms with E-state index in [9.17, 15) is 8.42 Å². The fourth-order valence-corrected chi connectivity index (χ4v) is 3.70. The lowest BCUT2D eigenvalue weighted by Crippen LogP contribution is -2.32. The van der Waals surface area contributed by atoms with Gasteiger partial charge in [-0.05, 0) is 43.5 Å². The highest BCUT2D eigenvalue weighted by Crippen LogP contribution is 2.18. The molecule has 1 aromatic rings. The van der Waals surface area contributed by atoms with Gasteiger partial charge in [0, 0.05) is 11.7 Å². The van der Waals surface area contributed by atoms with Gasteiger partial charge >= 0.3 is 0 Å². The Hall–Kier alpha value is -1.07. The summed E-state index contributed by atoms with van der Waals surface area (Å²) in [4.78, 5) is 0. The summed E-state index contributed by atoms with van der Waals surface area (Å²) in [5.41, 5.74) is 7.79. The van der Waals surface area contributed by atoms with Gasteiger partial charge in [-0.1, -0.05) is 12.1 Å². The molecule has 1 saturated heterocycles. The largest absolute Gasteiger partial charge is 0.382 e. The molecule has 1 aliphatic heterocycles. The normalized spacial score (nSPS) is 19.6. The van der Waals surface area contributed by atoms with Crippen LogP contribution in [0.4, 0.5) is 5.69 Å². The number of benzene rings is 1. The molecule has 0 saturated carbocycles. The number of anilines is 1. The van der Waals surface area contributed by atoms with Crippen molar-refractivity contribution in [1.82, 2.24) is 0 Å². The fourth-order valence-electron chi connectivity index (χ4n) is 2.20. The quantitative estimate of drug-likeness (QED) is 0.860. The Morgan fingerprint density at radius 3 is 2.33 bits per heavy atom. The van der Waals surface area contributed by atoms with Gasteiger partial charge in [-0.2, -0.15) is 0 Å². The highest BCUT2D eigenvalue weighted by Gasteiger charge is 2.23. The van der Waals surface area contributed by atoms with Gasteiger partial charge in [-0.3, -0.25) is 0 Å². The second-order valence-electron chi connectivity index (χ2n) is 4.81. The minimum Gasteiger partial charge on any atom is -0.382 e. The minimum absolute atomic E-state index is 0.272. The molecule has 0 radical (unpaired) electrons. The van der Waals surface area contributed by atoms with Crippen LogP contribution < -0.4 is 11.1 Å². The SMILES string of the molecule is NCCc1ccc(NC2CCS(=O)(=O)CC2)cc1. The molecule has 1 heterocycles. The van der Waals surface area contributed by atoms with Crippen molar-refractivity contribution in [3.05, 3.63) is 29.8 Å². The van der Waals surface area contributed by atoms with Crippen LogP contribution in [0.15, 0.2) is 24.3 Å². The molecule has 1 aromatic carbocycles. The van der Waals surface area contributed by atoms with E-state index in [4.69, 9.17) is 5.73 Å². The lowest BCUT2D eigenvalue weighted by molar-refractivity contribution is 0.559. The van der Waals surface area contributed by atoms with Crippen LogP contribution in [0.1, 0.15) is 18.4 Å². The second kappa shape index (κ2) is 5.71. The zero-order valence-corrected chi connectivity index (χ0v) is 11.2. The molecule has 5 heteroatoms. The molecule has 0 bridgehead atoms. The number of hydrogen-bond acceptors (Lipinski definition) is 4. The van der Waals surface area contributed by atoms with Crippen LogP contribution >= 0.6 is 0 Å². The minimum atomic E-state index is -2.78. The molecular formula is C13H20N2O2S. The third kappa shape index (κ3) is 3.71. The summed E-state index contributed by atoms with van der Waals surface area (Å²) in [5.74, 6) is 0.603. The molecule has 0 aliphatic carbocycles. The third-order valence-electron chi connectivity index (χ3n) is 3.31. The zero-order valence-electron chi connectivity index (χ0n) is 10.4. The molecule has 0 unspecified atom stereocenters. The lowest BCUT2D eigenvalue weighted by Gasteiger charge is -2.24. The first-order chi connectivity index (χ1) is 8.59. The van der Waals surface area contributed by atoms with Crippen molar-refractivity contribution in [3.8, 4) is 0 Å². The van der Waals surface area contributed by atoms with Gasteiger partial charge in [0.2, 0.25) is 0 Å². The Kier molecular flexibility index (Phi) is 4.24. The van der Waals surface area contributed by atoms with E-state index >= 15 is 0 Å². The number of hydrogen-bond donors (Lipinski definition) is 2. The second-order valence-corrected chi connectivity index (χ2v) is 7.11. The van der Waals surface area contributed by atoms with Gasteiger partial charge < -0.3 is 11.1 Å². The highest BCUT2D eigenvalue weighted by molar-refractivity contribution is 7.91. The molecule has 0 amide bonds. The van der Waals surface area contributed by atoms with Crippen LogP contribution in [-0.4, -0.2) is 32.5 Å². The lowest BCUT2D eigenvalue weighted by atomic mass is 10.1. The molecule has 0 aromatic heterocycles. The average molecular weight is 268 g/mol. The first kappa shape index (κ1) is 13.4. The van der Waals surface area contributed by atoms with Crippen LogP contribution in [0, 0.1) is 0 Å². The van der Waals surface area contributed by atoms with E-state index in [-0.39, 0.29) is 6.04 Å². The van der Waals surface area contributed by atoms with Crippen molar-refractivity contribution >= 4 is 15.5 Å². The molecule has 1 fully saturated rings. The molecule has 1 aliphatic rings. The molecule has 0 spiro atoms. The van der Waals surface area contributed by atoms with Crippen LogP contribution in [0.5, 0.6) is 0 Å². The summed E-state index contributed by atoms with van der Waals surface area (Å²) in [5, 5.41) is 3.39. The van der Waals surface area contributed by atoms with E-state index in [1.165, 1.54) is 5.56 Å². The molecule has 4 nitrogen and oxygen atoms in total. The predicted octanol–water partition coefficient (Wildman–Crippen LogP) is 1.18. The molecular weight excluding hydrogens is 248 g/mol. The summed E-state index contributed by atoms with van der Waals surface area (Å²) in [6.07, 6.45) is 2.29. The first-order valence-corrected chi connectivity index (χ1v) is 8.17. The smallest absolute Gasteiger partial charge is 0.150 e. The Morgan fingerprint density at radius 2 is 1.78 bits per heavy atom. The Bertz CT molecular complexity index is 468. The third-order valence-corrected chi connectivity index (χ3v) is 5.03. The Balaban J connectivity index is 1.90. The van der Waals surface area contributed by atoms with Crippen molar-refractivity contribution in [2.45, 2.75) is 25.3 Å². The van der Waals surface area contributed by atoms with Crippen LogP contribution in [0.2, 0.25) is 0 Å². The van der Waals surface area contributed by atoms with Crippen LogP contribution in [0.25, 0.3) is 0 Å². The van der Waals surface area contributed by atoms with Crippen LogP contribution in [-0.2, 0) is 16.3 Å². The summed E-state index contributed by atoms with van der Waals surface area (Å²) >= 11 is 0. The van der Waals surface area contributed by atoms with E-state index in [1.807, 2.05) is 12.1 Å². The summed E-state index contributed by atoms with van der Waals surface area (Å²) in [6, 6.07) is 8.47. The van der Waals surface area contributed by atoms with E-state index in [1.54, 1.807) is 0 Å². The maximum absolute atomic E-state index is 11.3. The van der Waals surface area contributed by atoms with Crippen molar-refractivity contribution < 1.29 is 8.42 Å². The van der Waals surface area contributed by atoms with Crippen LogP contribution in [0.3, 0.4) is 0 Å². The van der Waals surface area contributed by atoms with E-state index in [0.29, 0.717) is 30.9 Å². The topological polar surface area (TPSA) is 72.2 Å². The molecule has 100 valence electrons. The van der Waals surface area contributed by atoms with Gasteiger partial charge in [-0.15, -0.1) is 0 Å². The van der Waals surface area contributed by atoms with Crippen molar-refractivity contribution in [3.63, 3.8) is 0 Å². The average Bonchev–Trinajstić information content (AvgIpc) is 2.35. The standard InChI is InChI=1S/C13H20N2O2S/c14-8-5-11-1-3-12(4-2-11)15-13-6-9-18(16,17)10-7-13/h1-4,13,15H,5-10,14H2. The maximum Gasteiger partial charge on any atom is 0.150 e. The number of sulfone groups is 1. The van der Waals surface area contributed by atoms with Crippen molar-refractivity contribution in [2.24, 2.45) is 5.73 Å². The fraction of sp³-hybridized carbons (Fsp3) is 0.538. The predicted molar refractivity (Wildman–Crippen MR) is 74.5 cm³/mol. The summed E-state index contributed by atoms with van der Waals surface area (Å²) in [7, 11) is -2.78. The maximum atomic E-state index is 11.3. The molecule has 2 rings (SSSR count). The first-order valence-electron chi connectivity index (χ1n) is 6.35. The van der Waals surface area contributed by atoms with Crippen molar-refractivity contribution in [1.29, 1.82) is 0 Å². The van der Waals surface area contributed by atoms with E-state index in [0.717, 1.165) is 12.1 Å². The number of nitrogens with two attached hydrogens (primary N) is 1. The number of rotatable bonds is 4. The Morgan fingerprint density at radius 1 is 1.17 bits per heavy atom. The molecule has 3 N–H and O–H groups in total. The monoisotopic (exact) mass is 268 g/mol. The highest BCUT2D eigenvalue weighted by atomic mass is 32.2. The molecule has 0 atom stereocenters. The Labute approximate surface area is 108 Å². The molecule has 18 heavy (non-hydrogen) atoms.